The fourth-order valence-electron chi connectivity index (χ4n) is 2.70. The SMILES string of the molecule is CN=C(NCc1ccc(Br)s1)NC1CCN(c2cccs2)CC1.I. The van der Waals surface area contributed by atoms with E-state index in [0.29, 0.717) is 6.04 Å². The molecular weight excluding hydrogens is 519 g/mol. The van der Waals surface area contributed by atoms with Crippen LogP contribution in [-0.2, 0) is 6.54 Å². The van der Waals surface area contributed by atoms with Crippen molar-refractivity contribution in [1.29, 1.82) is 0 Å². The molecule has 3 heterocycles. The molecule has 0 unspecified atom stereocenters. The minimum Gasteiger partial charge on any atom is -0.363 e. The van der Waals surface area contributed by atoms with Gasteiger partial charge in [-0.3, -0.25) is 4.99 Å². The Hall–Kier alpha value is -0.320. The number of aliphatic imine (C=N–C) groups is 1. The van der Waals surface area contributed by atoms with Gasteiger partial charge in [-0.15, -0.1) is 46.7 Å². The van der Waals surface area contributed by atoms with Gasteiger partial charge in [0, 0.05) is 31.1 Å². The summed E-state index contributed by atoms with van der Waals surface area (Å²) in [6.45, 7) is 3.02. The highest BCUT2D eigenvalue weighted by Crippen LogP contribution is 2.25. The van der Waals surface area contributed by atoms with Crippen molar-refractivity contribution in [3.63, 3.8) is 0 Å². The normalized spacial score (nSPS) is 15.9. The van der Waals surface area contributed by atoms with Gasteiger partial charge in [0.25, 0.3) is 0 Å². The van der Waals surface area contributed by atoms with Gasteiger partial charge in [0.2, 0.25) is 0 Å². The Labute approximate surface area is 176 Å². The summed E-state index contributed by atoms with van der Waals surface area (Å²) in [6, 6.07) is 9.04. The molecule has 3 rings (SSSR count). The summed E-state index contributed by atoms with van der Waals surface area (Å²) in [5.41, 5.74) is 0. The highest BCUT2D eigenvalue weighted by molar-refractivity contribution is 14.0. The Kier molecular flexibility index (Phi) is 8.32. The van der Waals surface area contributed by atoms with Gasteiger partial charge >= 0.3 is 0 Å². The molecule has 24 heavy (non-hydrogen) atoms. The van der Waals surface area contributed by atoms with Crippen molar-refractivity contribution >= 4 is 73.5 Å². The molecule has 0 spiro atoms. The van der Waals surface area contributed by atoms with Crippen molar-refractivity contribution in [3.8, 4) is 0 Å². The second-order valence-electron chi connectivity index (χ2n) is 5.49. The van der Waals surface area contributed by atoms with Gasteiger partial charge in [0.05, 0.1) is 15.3 Å². The van der Waals surface area contributed by atoms with Crippen LogP contribution in [0.5, 0.6) is 0 Å². The van der Waals surface area contributed by atoms with Crippen LogP contribution in [0.2, 0.25) is 0 Å². The lowest BCUT2D eigenvalue weighted by molar-refractivity contribution is 0.463. The topological polar surface area (TPSA) is 39.7 Å². The third-order valence-electron chi connectivity index (χ3n) is 3.94. The van der Waals surface area contributed by atoms with Crippen LogP contribution >= 0.6 is 62.6 Å². The highest BCUT2D eigenvalue weighted by Gasteiger charge is 2.20. The molecule has 1 aliphatic rings. The van der Waals surface area contributed by atoms with Gasteiger partial charge in [0.15, 0.2) is 5.96 Å². The quantitative estimate of drug-likeness (QED) is 0.340. The van der Waals surface area contributed by atoms with Gasteiger partial charge in [-0.2, -0.15) is 0 Å². The van der Waals surface area contributed by atoms with E-state index in [1.165, 1.54) is 9.88 Å². The second-order valence-corrected chi connectivity index (χ2v) is 8.96. The summed E-state index contributed by atoms with van der Waals surface area (Å²) in [7, 11) is 1.83. The number of rotatable bonds is 4. The molecule has 8 heteroatoms. The Morgan fingerprint density at radius 1 is 1.33 bits per heavy atom. The van der Waals surface area contributed by atoms with Crippen molar-refractivity contribution in [1.82, 2.24) is 10.6 Å². The van der Waals surface area contributed by atoms with Crippen LogP contribution < -0.4 is 15.5 Å². The van der Waals surface area contributed by atoms with E-state index in [0.717, 1.165) is 42.2 Å². The number of piperidine rings is 1. The maximum atomic E-state index is 4.35. The molecular formula is C16H22BrIN4S2. The van der Waals surface area contributed by atoms with Crippen LogP contribution in [-0.4, -0.2) is 32.1 Å². The molecule has 4 nitrogen and oxygen atoms in total. The number of guanidine groups is 1. The monoisotopic (exact) mass is 540 g/mol. The van der Waals surface area contributed by atoms with E-state index in [1.54, 1.807) is 11.3 Å². The maximum absolute atomic E-state index is 4.35. The molecule has 1 aliphatic heterocycles. The first-order chi connectivity index (χ1) is 11.2. The third-order valence-corrected chi connectivity index (χ3v) is 6.49. The first-order valence-electron chi connectivity index (χ1n) is 7.74. The second kappa shape index (κ2) is 9.98. The van der Waals surface area contributed by atoms with Crippen LogP contribution in [0.4, 0.5) is 5.00 Å². The Balaban J connectivity index is 0.00000208. The lowest BCUT2D eigenvalue weighted by Gasteiger charge is -2.33. The number of nitrogens with one attached hydrogen (secondary N) is 2. The van der Waals surface area contributed by atoms with E-state index in [-0.39, 0.29) is 24.0 Å². The minimum atomic E-state index is 0. The average molecular weight is 541 g/mol. The minimum absolute atomic E-state index is 0. The maximum Gasteiger partial charge on any atom is 0.191 e. The summed E-state index contributed by atoms with van der Waals surface area (Å²) < 4.78 is 1.16. The predicted octanol–water partition coefficient (Wildman–Crippen LogP) is 4.52. The zero-order valence-electron chi connectivity index (χ0n) is 13.5. The van der Waals surface area contributed by atoms with E-state index >= 15 is 0 Å². The van der Waals surface area contributed by atoms with Crippen molar-refractivity contribution < 1.29 is 0 Å². The van der Waals surface area contributed by atoms with Gasteiger partial charge in [-0.05, 0) is 58.4 Å². The molecule has 2 N–H and O–H groups in total. The number of thiophene rings is 2. The summed E-state index contributed by atoms with van der Waals surface area (Å²) in [6.07, 6.45) is 2.28. The average Bonchev–Trinajstić information content (AvgIpc) is 3.24. The molecule has 0 bridgehead atoms. The first-order valence-corrected chi connectivity index (χ1v) is 10.2. The number of hydrogen-bond acceptors (Lipinski definition) is 4. The van der Waals surface area contributed by atoms with E-state index < -0.39 is 0 Å². The zero-order chi connectivity index (χ0) is 16.1. The number of hydrogen-bond donors (Lipinski definition) is 2. The van der Waals surface area contributed by atoms with Gasteiger partial charge in [0.1, 0.15) is 0 Å². The molecule has 2 aromatic rings. The Morgan fingerprint density at radius 2 is 2.12 bits per heavy atom. The summed E-state index contributed by atoms with van der Waals surface area (Å²) in [4.78, 5) is 8.12. The summed E-state index contributed by atoms with van der Waals surface area (Å²) in [5.74, 6) is 0.893. The predicted molar refractivity (Wildman–Crippen MR) is 120 cm³/mol. The molecule has 0 aliphatic carbocycles. The molecule has 0 saturated carbocycles. The molecule has 132 valence electrons. The molecule has 1 saturated heterocycles. The van der Waals surface area contributed by atoms with Crippen molar-refractivity contribution in [2.75, 3.05) is 25.0 Å². The summed E-state index contributed by atoms with van der Waals surface area (Å²) in [5, 5.41) is 10.5. The molecule has 1 fully saturated rings. The van der Waals surface area contributed by atoms with E-state index in [2.05, 4.69) is 66.1 Å². The zero-order valence-corrected chi connectivity index (χ0v) is 19.0. The molecule has 0 aromatic carbocycles. The van der Waals surface area contributed by atoms with Crippen molar-refractivity contribution in [3.05, 3.63) is 38.3 Å². The van der Waals surface area contributed by atoms with Gasteiger partial charge in [-0.25, -0.2) is 0 Å². The van der Waals surface area contributed by atoms with Crippen molar-refractivity contribution in [2.45, 2.75) is 25.4 Å². The van der Waals surface area contributed by atoms with Crippen LogP contribution in [0.1, 0.15) is 17.7 Å². The molecule has 0 atom stereocenters. The Bertz CT molecular complexity index is 636. The van der Waals surface area contributed by atoms with Crippen molar-refractivity contribution in [2.24, 2.45) is 4.99 Å². The number of anilines is 1. The fourth-order valence-corrected chi connectivity index (χ4v) is 4.91. The molecule has 0 radical (unpaired) electrons. The summed E-state index contributed by atoms with van der Waals surface area (Å²) >= 11 is 7.07. The van der Waals surface area contributed by atoms with Gasteiger partial charge < -0.3 is 15.5 Å². The third kappa shape index (κ3) is 5.60. The van der Waals surface area contributed by atoms with Crippen LogP contribution in [0, 0.1) is 0 Å². The number of nitrogens with zero attached hydrogens (tertiary/aromatic N) is 2. The highest BCUT2D eigenvalue weighted by atomic mass is 127. The first kappa shape index (κ1) is 20.0. The molecule has 2 aromatic heterocycles. The van der Waals surface area contributed by atoms with Crippen LogP contribution in [0.3, 0.4) is 0 Å². The van der Waals surface area contributed by atoms with E-state index in [9.17, 15) is 0 Å². The standard InChI is InChI=1S/C16H21BrN4S2.HI/c1-18-16(19-11-13-4-5-14(17)23-13)20-12-6-8-21(9-7-12)15-3-2-10-22-15;/h2-5,10,12H,6-9,11H2,1H3,(H2,18,19,20);1H. The lowest BCUT2D eigenvalue weighted by Crippen LogP contribution is -2.48. The lowest BCUT2D eigenvalue weighted by atomic mass is 10.1. The molecule has 0 amide bonds. The Morgan fingerprint density at radius 3 is 2.71 bits per heavy atom. The fraction of sp³-hybridized carbons (Fsp3) is 0.438. The largest absolute Gasteiger partial charge is 0.363 e. The van der Waals surface area contributed by atoms with Gasteiger partial charge in [-0.1, -0.05) is 0 Å². The van der Waals surface area contributed by atoms with Crippen LogP contribution in [0.25, 0.3) is 0 Å². The smallest absolute Gasteiger partial charge is 0.191 e. The van der Waals surface area contributed by atoms with E-state index in [4.69, 9.17) is 0 Å². The number of halogens is 2. The van der Waals surface area contributed by atoms with E-state index in [1.807, 2.05) is 18.4 Å². The van der Waals surface area contributed by atoms with Crippen LogP contribution in [0.15, 0.2) is 38.4 Å².